The smallest absolute Gasteiger partial charge is 0.257 e. The molecular formula is C31H29N5O2. The highest BCUT2D eigenvalue weighted by molar-refractivity contribution is 6.02. The number of ether oxygens (including phenoxy) is 1. The Bertz CT molecular complexity index is 1600. The molecule has 2 aromatic heterocycles. The van der Waals surface area contributed by atoms with Crippen LogP contribution in [0.2, 0.25) is 0 Å². The van der Waals surface area contributed by atoms with Crippen LogP contribution in [0.15, 0.2) is 91.4 Å². The number of amides is 1. The largest absolute Gasteiger partial charge is 0.496 e. The number of hydrogen-bond acceptors (Lipinski definition) is 5. The molecule has 6 rings (SSSR count). The monoisotopic (exact) mass is 503 g/mol. The molecule has 1 aliphatic rings. The number of nitrogens with zero attached hydrogens (tertiary/aromatic N) is 5. The van der Waals surface area contributed by atoms with Gasteiger partial charge in [-0.2, -0.15) is 0 Å². The Hall–Kier alpha value is -4.65. The predicted molar refractivity (Wildman–Crippen MR) is 150 cm³/mol. The van der Waals surface area contributed by atoms with Crippen molar-refractivity contribution in [3.63, 3.8) is 0 Å². The zero-order valence-corrected chi connectivity index (χ0v) is 21.5. The molecule has 1 amide bonds. The quantitative estimate of drug-likeness (QED) is 0.323. The molecule has 0 radical (unpaired) electrons. The molecule has 0 unspecified atom stereocenters. The summed E-state index contributed by atoms with van der Waals surface area (Å²) in [6.07, 6.45) is 3.82. The molecule has 0 aliphatic carbocycles. The number of hydrogen-bond donors (Lipinski definition) is 0. The number of fused-ring (bicyclic) bond motifs is 1. The third-order valence-corrected chi connectivity index (χ3v) is 7.23. The van der Waals surface area contributed by atoms with Crippen LogP contribution < -0.4 is 9.64 Å². The minimum absolute atomic E-state index is 0.00869. The van der Waals surface area contributed by atoms with E-state index >= 15 is 0 Å². The fourth-order valence-electron chi connectivity index (χ4n) is 5.25. The number of carbonyl (C=O) groups excluding carboxylic acids is 1. The van der Waals surface area contributed by atoms with Crippen molar-refractivity contribution >= 4 is 22.8 Å². The molecule has 0 atom stereocenters. The summed E-state index contributed by atoms with van der Waals surface area (Å²) in [6, 6.07) is 26.1. The maximum atomic E-state index is 13.3. The summed E-state index contributed by atoms with van der Waals surface area (Å²) in [6.45, 7) is 4.67. The van der Waals surface area contributed by atoms with Gasteiger partial charge in [0.2, 0.25) is 0 Å². The predicted octanol–water partition coefficient (Wildman–Crippen LogP) is 5.37. The number of anilines is 1. The first-order valence-electron chi connectivity index (χ1n) is 12.8. The van der Waals surface area contributed by atoms with Crippen LogP contribution in [0.4, 0.5) is 5.82 Å². The second-order valence-electron chi connectivity index (χ2n) is 9.44. The minimum atomic E-state index is -0.00869. The standard InChI is InChI=1S/C31H29N5O2/c1-22-10-6-8-14-26(22)36-20-25(23-11-4-3-5-12-23)28-29(32-21-33-30(28)36)34-16-18-35(19-17-34)31(37)24-13-7-9-15-27(24)38-2/h3-15,20-21H,16-19H2,1-2H3. The first kappa shape index (κ1) is 23.7. The maximum Gasteiger partial charge on any atom is 0.257 e. The Morgan fingerprint density at radius 3 is 2.32 bits per heavy atom. The van der Waals surface area contributed by atoms with Gasteiger partial charge in [-0.3, -0.25) is 4.79 Å². The average molecular weight is 504 g/mol. The summed E-state index contributed by atoms with van der Waals surface area (Å²) in [5, 5.41) is 1.02. The van der Waals surface area contributed by atoms with Crippen molar-refractivity contribution in [3.8, 4) is 22.6 Å². The van der Waals surface area contributed by atoms with E-state index in [0.717, 1.165) is 33.7 Å². The maximum absolute atomic E-state index is 13.3. The van der Waals surface area contributed by atoms with Gasteiger partial charge in [0.1, 0.15) is 17.9 Å². The summed E-state index contributed by atoms with van der Waals surface area (Å²) in [4.78, 5) is 27.0. The Morgan fingerprint density at radius 1 is 0.842 bits per heavy atom. The molecule has 0 N–H and O–H groups in total. The number of para-hydroxylation sites is 2. The van der Waals surface area contributed by atoms with Crippen molar-refractivity contribution in [1.29, 1.82) is 0 Å². The first-order valence-corrected chi connectivity index (χ1v) is 12.8. The summed E-state index contributed by atoms with van der Waals surface area (Å²) >= 11 is 0. The van der Waals surface area contributed by atoms with E-state index < -0.39 is 0 Å². The highest BCUT2D eigenvalue weighted by Gasteiger charge is 2.27. The Kier molecular flexibility index (Phi) is 6.25. The number of aromatic nitrogens is 3. The molecule has 3 heterocycles. The van der Waals surface area contributed by atoms with Crippen LogP contribution in [-0.4, -0.2) is 58.6 Å². The zero-order valence-electron chi connectivity index (χ0n) is 21.5. The lowest BCUT2D eigenvalue weighted by atomic mass is 10.1. The van der Waals surface area contributed by atoms with E-state index in [1.54, 1.807) is 13.4 Å². The molecular weight excluding hydrogens is 474 g/mol. The van der Waals surface area contributed by atoms with Gasteiger partial charge in [-0.25, -0.2) is 9.97 Å². The zero-order chi connectivity index (χ0) is 26.1. The minimum Gasteiger partial charge on any atom is -0.496 e. The lowest BCUT2D eigenvalue weighted by Crippen LogP contribution is -2.49. The normalized spacial score (nSPS) is 13.6. The van der Waals surface area contributed by atoms with E-state index in [2.05, 4.69) is 71.1 Å². The topological polar surface area (TPSA) is 63.5 Å². The Labute approximate surface area is 221 Å². The molecule has 1 aliphatic heterocycles. The molecule has 7 heteroatoms. The summed E-state index contributed by atoms with van der Waals surface area (Å²) < 4.78 is 7.59. The Balaban J connectivity index is 1.38. The van der Waals surface area contributed by atoms with Crippen molar-refractivity contribution in [1.82, 2.24) is 19.4 Å². The average Bonchev–Trinajstić information content (AvgIpc) is 3.37. The van der Waals surface area contributed by atoms with Crippen LogP contribution in [0.25, 0.3) is 27.8 Å². The van der Waals surface area contributed by atoms with Gasteiger partial charge >= 0.3 is 0 Å². The van der Waals surface area contributed by atoms with Crippen LogP contribution in [-0.2, 0) is 0 Å². The molecule has 5 aromatic rings. The molecule has 0 spiro atoms. The van der Waals surface area contributed by atoms with Crippen molar-refractivity contribution < 1.29 is 9.53 Å². The number of carbonyl (C=O) groups is 1. The molecule has 0 saturated carbocycles. The molecule has 190 valence electrons. The van der Waals surface area contributed by atoms with E-state index in [9.17, 15) is 4.79 Å². The van der Waals surface area contributed by atoms with Crippen LogP contribution >= 0.6 is 0 Å². The van der Waals surface area contributed by atoms with Gasteiger partial charge in [0.25, 0.3) is 5.91 Å². The summed E-state index contributed by atoms with van der Waals surface area (Å²) in [7, 11) is 1.60. The van der Waals surface area contributed by atoms with Crippen LogP contribution in [0.1, 0.15) is 15.9 Å². The third-order valence-electron chi connectivity index (χ3n) is 7.23. The SMILES string of the molecule is COc1ccccc1C(=O)N1CCN(c2ncnc3c2c(-c2ccccc2)cn3-c2ccccc2C)CC1. The summed E-state index contributed by atoms with van der Waals surface area (Å²) in [5.74, 6) is 1.48. The van der Waals surface area contributed by atoms with E-state index in [1.165, 1.54) is 5.56 Å². The van der Waals surface area contributed by atoms with E-state index in [-0.39, 0.29) is 5.91 Å². The van der Waals surface area contributed by atoms with Crippen molar-refractivity contribution in [3.05, 3.63) is 103 Å². The number of aryl methyl sites for hydroxylation is 1. The fraction of sp³-hybridized carbons (Fsp3) is 0.194. The number of rotatable bonds is 5. The van der Waals surface area contributed by atoms with Gasteiger partial charge in [-0.05, 0) is 36.2 Å². The van der Waals surface area contributed by atoms with Crippen molar-refractivity contribution in [2.75, 3.05) is 38.2 Å². The van der Waals surface area contributed by atoms with Gasteiger partial charge in [0.05, 0.1) is 18.1 Å². The Morgan fingerprint density at radius 2 is 1.55 bits per heavy atom. The molecule has 0 bridgehead atoms. The van der Waals surface area contributed by atoms with Crippen molar-refractivity contribution in [2.45, 2.75) is 6.92 Å². The van der Waals surface area contributed by atoms with Crippen LogP contribution in [0.3, 0.4) is 0 Å². The molecule has 7 nitrogen and oxygen atoms in total. The first-order chi connectivity index (χ1) is 18.7. The summed E-state index contributed by atoms with van der Waals surface area (Å²) in [5.41, 5.74) is 5.94. The third kappa shape index (κ3) is 4.16. The molecule has 38 heavy (non-hydrogen) atoms. The van der Waals surface area contributed by atoms with Crippen molar-refractivity contribution in [2.24, 2.45) is 0 Å². The van der Waals surface area contributed by atoms with Crippen LogP contribution in [0.5, 0.6) is 5.75 Å². The molecule has 3 aromatic carbocycles. The van der Waals surface area contributed by atoms with Gasteiger partial charge in [-0.1, -0.05) is 60.7 Å². The molecule has 1 fully saturated rings. The number of piperazine rings is 1. The van der Waals surface area contributed by atoms with Gasteiger partial charge in [0, 0.05) is 43.6 Å². The van der Waals surface area contributed by atoms with E-state index in [1.807, 2.05) is 35.2 Å². The van der Waals surface area contributed by atoms with Crippen LogP contribution in [0, 0.1) is 6.92 Å². The fourth-order valence-corrected chi connectivity index (χ4v) is 5.25. The second kappa shape index (κ2) is 10.0. The number of methoxy groups -OCH3 is 1. The highest BCUT2D eigenvalue weighted by atomic mass is 16.5. The lowest BCUT2D eigenvalue weighted by Gasteiger charge is -2.36. The molecule has 1 saturated heterocycles. The highest BCUT2D eigenvalue weighted by Crippen LogP contribution is 2.37. The van der Waals surface area contributed by atoms with Gasteiger partial charge < -0.3 is 19.1 Å². The second-order valence-corrected chi connectivity index (χ2v) is 9.44. The lowest BCUT2D eigenvalue weighted by molar-refractivity contribution is 0.0743. The van der Waals surface area contributed by atoms with Gasteiger partial charge in [0.15, 0.2) is 5.65 Å². The van der Waals surface area contributed by atoms with E-state index in [0.29, 0.717) is 37.5 Å². The van der Waals surface area contributed by atoms with Gasteiger partial charge in [-0.15, -0.1) is 0 Å². The number of benzene rings is 3. The van der Waals surface area contributed by atoms with E-state index in [4.69, 9.17) is 14.7 Å².